The number of hydrogen-bond donors (Lipinski definition) is 0. The Kier molecular flexibility index (Phi) is 3.66. The number of benzene rings is 3. The maximum Gasteiger partial charge on any atom is 0.0709 e. The molecule has 0 unspecified atom stereocenters. The van der Waals surface area contributed by atoms with Crippen molar-refractivity contribution in [3.8, 4) is 33.5 Å². The highest BCUT2D eigenvalue weighted by atomic mass is 35.5. The third-order valence-electron chi connectivity index (χ3n) is 4.32. The van der Waals surface area contributed by atoms with Crippen LogP contribution >= 0.6 is 11.6 Å². The van der Waals surface area contributed by atoms with Crippen LogP contribution in [0.25, 0.3) is 33.5 Å². The van der Waals surface area contributed by atoms with Crippen molar-refractivity contribution in [2.75, 3.05) is 0 Å². The summed E-state index contributed by atoms with van der Waals surface area (Å²) >= 11 is 6.46. The molecule has 0 spiro atoms. The summed E-state index contributed by atoms with van der Waals surface area (Å²) in [7, 11) is 0. The van der Waals surface area contributed by atoms with Gasteiger partial charge >= 0.3 is 0 Å². The third kappa shape index (κ3) is 3.40. The molecule has 0 aliphatic rings. The molecule has 0 saturated carbocycles. The van der Waals surface area contributed by atoms with Gasteiger partial charge in [-0.05, 0) is 35.7 Å². The smallest absolute Gasteiger partial charge is 0.0709 e. The summed E-state index contributed by atoms with van der Waals surface area (Å²) in [5.74, 6) is 0. The van der Waals surface area contributed by atoms with Crippen LogP contribution in [0.4, 0.5) is 0 Å². The Morgan fingerprint density at radius 2 is 1.46 bits per heavy atom. The van der Waals surface area contributed by atoms with Gasteiger partial charge in [-0.1, -0.05) is 90.0 Å². The predicted molar refractivity (Wildman–Crippen MR) is 110 cm³/mol. The highest BCUT2D eigenvalue weighted by molar-refractivity contribution is 6.33. The van der Waals surface area contributed by atoms with Crippen LogP contribution in [0.1, 0.15) is 9.68 Å². The summed E-state index contributed by atoms with van der Waals surface area (Å²) in [6, 6.07) is 27.0. The van der Waals surface area contributed by atoms with Crippen LogP contribution in [0.5, 0.6) is 0 Å². The van der Waals surface area contributed by atoms with Crippen LogP contribution in [0.2, 0.25) is 5.02 Å². The van der Waals surface area contributed by atoms with E-state index in [2.05, 4.69) is 11.1 Å². The van der Waals surface area contributed by atoms with Gasteiger partial charge in [0.1, 0.15) is 0 Å². The van der Waals surface area contributed by atoms with Crippen LogP contribution in [0.15, 0.2) is 91.1 Å². The van der Waals surface area contributed by atoms with Crippen molar-refractivity contribution < 1.29 is 4.11 Å². The van der Waals surface area contributed by atoms with Gasteiger partial charge in [-0.3, -0.25) is 4.98 Å². The van der Waals surface area contributed by atoms with E-state index in [0.717, 1.165) is 33.5 Å². The molecule has 0 saturated heterocycles. The second-order valence-electron chi connectivity index (χ2n) is 6.07. The standard InChI is InChI=1S/C24H18ClN/c1-17-10-12-18(13-11-17)20-8-5-9-21(14-20)22-15-24(26-16-23(22)25)19-6-3-2-4-7-19/h2-16H,1H3/i1D3. The zero-order valence-electron chi connectivity index (χ0n) is 17.0. The van der Waals surface area contributed by atoms with E-state index in [9.17, 15) is 0 Å². The molecule has 0 fully saturated rings. The third-order valence-corrected chi connectivity index (χ3v) is 4.62. The molecule has 0 N–H and O–H groups in total. The molecule has 0 atom stereocenters. The fourth-order valence-electron chi connectivity index (χ4n) is 2.96. The zero-order valence-corrected chi connectivity index (χ0v) is 14.7. The normalized spacial score (nSPS) is 12.9. The van der Waals surface area contributed by atoms with E-state index in [1.807, 2.05) is 66.7 Å². The van der Waals surface area contributed by atoms with Crippen molar-refractivity contribution in [1.82, 2.24) is 4.98 Å². The molecule has 1 nitrogen and oxygen atoms in total. The number of hydrogen-bond acceptors (Lipinski definition) is 1. The number of halogens is 1. The highest BCUT2D eigenvalue weighted by Gasteiger charge is 2.09. The molecular weight excluding hydrogens is 338 g/mol. The zero-order chi connectivity index (χ0) is 20.4. The van der Waals surface area contributed by atoms with Gasteiger partial charge in [0.15, 0.2) is 0 Å². The van der Waals surface area contributed by atoms with E-state index in [1.165, 1.54) is 0 Å². The van der Waals surface area contributed by atoms with E-state index < -0.39 is 6.85 Å². The van der Waals surface area contributed by atoms with Crippen molar-refractivity contribution >= 4 is 11.6 Å². The summed E-state index contributed by atoms with van der Waals surface area (Å²) in [4.78, 5) is 4.46. The Morgan fingerprint density at radius 3 is 2.23 bits per heavy atom. The summed E-state index contributed by atoms with van der Waals surface area (Å²) in [6.07, 6.45) is 1.68. The Labute approximate surface area is 163 Å². The SMILES string of the molecule is [2H]C([2H])([2H])c1ccc(-c2cccc(-c3cc(-c4ccccc4)ncc3Cl)c2)cc1. The first-order valence-electron chi connectivity index (χ1n) is 9.84. The average Bonchev–Trinajstić information content (AvgIpc) is 2.74. The van der Waals surface area contributed by atoms with Crippen LogP contribution in [0, 0.1) is 6.85 Å². The molecule has 0 radical (unpaired) electrons. The maximum absolute atomic E-state index is 7.52. The molecule has 0 aliphatic carbocycles. The maximum atomic E-state index is 7.52. The molecule has 0 aliphatic heterocycles. The lowest BCUT2D eigenvalue weighted by atomic mass is 9.98. The van der Waals surface area contributed by atoms with Crippen molar-refractivity contribution in [2.24, 2.45) is 0 Å². The van der Waals surface area contributed by atoms with Gasteiger partial charge in [0.25, 0.3) is 0 Å². The molecule has 26 heavy (non-hydrogen) atoms. The fraction of sp³-hybridized carbons (Fsp3) is 0.0417. The number of aryl methyl sites for hydroxylation is 1. The average molecular weight is 359 g/mol. The van der Waals surface area contributed by atoms with E-state index in [0.29, 0.717) is 10.6 Å². The molecule has 1 heterocycles. The van der Waals surface area contributed by atoms with Gasteiger partial charge in [-0.2, -0.15) is 0 Å². The van der Waals surface area contributed by atoms with Gasteiger partial charge in [0.2, 0.25) is 0 Å². The summed E-state index contributed by atoms with van der Waals surface area (Å²) < 4.78 is 22.6. The number of pyridine rings is 1. The molecule has 0 amide bonds. The van der Waals surface area contributed by atoms with Gasteiger partial charge in [-0.25, -0.2) is 0 Å². The van der Waals surface area contributed by atoms with Crippen molar-refractivity contribution in [3.63, 3.8) is 0 Å². The fourth-order valence-corrected chi connectivity index (χ4v) is 3.17. The Hall–Kier alpha value is -2.90. The number of aromatic nitrogens is 1. The topological polar surface area (TPSA) is 12.9 Å². The predicted octanol–water partition coefficient (Wildman–Crippen LogP) is 7.04. The monoisotopic (exact) mass is 358 g/mol. The van der Waals surface area contributed by atoms with Crippen LogP contribution in [0.3, 0.4) is 0 Å². The van der Waals surface area contributed by atoms with E-state index in [1.54, 1.807) is 18.3 Å². The largest absolute Gasteiger partial charge is 0.255 e. The van der Waals surface area contributed by atoms with Crippen LogP contribution < -0.4 is 0 Å². The molecule has 2 heteroatoms. The first-order valence-corrected chi connectivity index (χ1v) is 8.72. The minimum absolute atomic E-state index is 0.335. The molecule has 3 aromatic carbocycles. The molecule has 126 valence electrons. The quantitative estimate of drug-likeness (QED) is 0.382. The Morgan fingerprint density at radius 1 is 0.731 bits per heavy atom. The van der Waals surface area contributed by atoms with Gasteiger partial charge in [0.05, 0.1) is 10.7 Å². The Bertz CT molecular complexity index is 1140. The first-order chi connectivity index (χ1) is 13.9. The minimum Gasteiger partial charge on any atom is -0.255 e. The lowest BCUT2D eigenvalue weighted by Crippen LogP contribution is -1.88. The van der Waals surface area contributed by atoms with Crippen molar-refractivity contribution in [3.05, 3.63) is 102 Å². The second kappa shape index (κ2) is 7.15. The lowest BCUT2D eigenvalue weighted by molar-refractivity contribution is 1.33. The minimum atomic E-state index is -2.10. The van der Waals surface area contributed by atoms with Gasteiger partial charge < -0.3 is 0 Å². The molecular formula is C24H18ClN. The van der Waals surface area contributed by atoms with Gasteiger partial charge in [0, 0.05) is 21.4 Å². The summed E-state index contributed by atoms with van der Waals surface area (Å²) in [6.45, 7) is -2.10. The van der Waals surface area contributed by atoms with Crippen molar-refractivity contribution in [2.45, 2.75) is 6.85 Å². The summed E-state index contributed by atoms with van der Waals surface area (Å²) in [5.41, 5.74) is 6.05. The van der Waals surface area contributed by atoms with Crippen molar-refractivity contribution in [1.29, 1.82) is 0 Å². The van der Waals surface area contributed by atoms with E-state index in [4.69, 9.17) is 15.7 Å². The lowest BCUT2D eigenvalue weighted by Gasteiger charge is -2.10. The first kappa shape index (κ1) is 13.3. The molecule has 0 bridgehead atoms. The second-order valence-corrected chi connectivity index (χ2v) is 6.48. The summed E-state index contributed by atoms with van der Waals surface area (Å²) in [5, 5.41) is 0.583. The van der Waals surface area contributed by atoms with Crippen LogP contribution in [-0.4, -0.2) is 4.98 Å². The molecule has 4 rings (SSSR count). The van der Waals surface area contributed by atoms with E-state index in [-0.39, 0.29) is 0 Å². The molecule has 1 aromatic heterocycles. The Balaban J connectivity index is 1.73. The van der Waals surface area contributed by atoms with Crippen LogP contribution in [-0.2, 0) is 0 Å². The molecule has 4 aromatic rings. The highest BCUT2D eigenvalue weighted by Crippen LogP contribution is 2.33. The number of rotatable bonds is 3. The van der Waals surface area contributed by atoms with Gasteiger partial charge in [-0.15, -0.1) is 0 Å². The van der Waals surface area contributed by atoms with E-state index >= 15 is 0 Å². The number of nitrogens with zero attached hydrogens (tertiary/aromatic N) is 1.